The number of nitrogens with zero attached hydrogens (tertiary/aromatic N) is 1. The molecule has 3 aliphatic rings. The van der Waals surface area contributed by atoms with Gasteiger partial charge >= 0.3 is 0 Å². The van der Waals surface area contributed by atoms with Crippen LogP contribution in [0.1, 0.15) is 88.0 Å². The van der Waals surface area contributed by atoms with E-state index in [0.717, 1.165) is 5.92 Å². The Balaban J connectivity index is 2.11. The van der Waals surface area contributed by atoms with Crippen LogP contribution in [-0.4, -0.2) is 34.5 Å². The monoisotopic (exact) mass is 362 g/mol. The summed E-state index contributed by atoms with van der Waals surface area (Å²) < 4.78 is 0. The largest absolute Gasteiger partial charge is 0.298 e. The SMILES string of the molecule is CC(C)(C)C(=O)C1C(C(C)(C)C)C2C3CCCCC3NC2N1C(C)(C)C. The molecule has 26 heavy (non-hydrogen) atoms. The third kappa shape index (κ3) is 3.28. The van der Waals surface area contributed by atoms with Gasteiger partial charge < -0.3 is 0 Å². The second-order valence-corrected chi connectivity index (χ2v) is 12.3. The third-order valence-electron chi connectivity index (χ3n) is 7.20. The van der Waals surface area contributed by atoms with Gasteiger partial charge in [0.05, 0.1) is 12.2 Å². The van der Waals surface area contributed by atoms with Gasteiger partial charge in [0, 0.05) is 17.0 Å². The molecule has 6 atom stereocenters. The molecule has 1 saturated carbocycles. The number of carbonyl (C=O) groups excluding carboxylic acids is 1. The van der Waals surface area contributed by atoms with Crippen LogP contribution >= 0.6 is 0 Å². The molecule has 3 heteroatoms. The van der Waals surface area contributed by atoms with Crippen molar-refractivity contribution in [3.05, 3.63) is 0 Å². The van der Waals surface area contributed by atoms with E-state index in [1.165, 1.54) is 25.7 Å². The predicted octanol–water partition coefficient (Wildman–Crippen LogP) is 4.85. The zero-order valence-electron chi connectivity index (χ0n) is 18.6. The van der Waals surface area contributed by atoms with Crippen molar-refractivity contribution in [2.45, 2.75) is 112 Å². The quantitative estimate of drug-likeness (QED) is 0.723. The topological polar surface area (TPSA) is 32.3 Å². The number of carbonyl (C=O) groups is 1. The first-order valence-electron chi connectivity index (χ1n) is 10.8. The molecular weight excluding hydrogens is 320 g/mol. The molecule has 150 valence electrons. The Bertz CT molecular complexity index is 548. The van der Waals surface area contributed by atoms with Gasteiger partial charge in [-0.15, -0.1) is 0 Å². The van der Waals surface area contributed by atoms with E-state index in [1.807, 2.05) is 0 Å². The van der Waals surface area contributed by atoms with Crippen molar-refractivity contribution in [1.29, 1.82) is 0 Å². The fourth-order valence-electron chi connectivity index (χ4n) is 6.30. The summed E-state index contributed by atoms with van der Waals surface area (Å²) in [5, 5.41) is 4.02. The van der Waals surface area contributed by atoms with E-state index >= 15 is 0 Å². The van der Waals surface area contributed by atoms with Gasteiger partial charge in [-0.2, -0.15) is 0 Å². The highest BCUT2D eigenvalue weighted by atomic mass is 16.1. The Morgan fingerprint density at radius 2 is 1.50 bits per heavy atom. The molecule has 0 radical (unpaired) electrons. The Hall–Kier alpha value is -0.410. The highest BCUT2D eigenvalue weighted by Crippen LogP contribution is 2.56. The summed E-state index contributed by atoms with van der Waals surface area (Å²) in [7, 11) is 0. The van der Waals surface area contributed by atoms with Gasteiger partial charge in [0.25, 0.3) is 0 Å². The zero-order valence-corrected chi connectivity index (χ0v) is 18.6. The maximum atomic E-state index is 13.7. The van der Waals surface area contributed by atoms with Crippen LogP contribution in [0.5, 0.6) is 0 Å². The summed E-state index contributed by atoms with van der Waals surface area (Å²) in [6.45, 7) is 20.3. The smallest absolute Gasteiger partial charge is 0.155 e. The molecule has 1 aliphatic carbocycles. The van der Waals surface area contributed by atoms with Gasteiger partial charge in [-0.25, -0.2) is 0 Å². The summed E-state index contributed by atoms with van der Waals surface area (Å²) >= 11 is 0. The second kappa shape index (κ2) is 6.30. The number of hydrogen-bond donors (Lipinski definition) is 1. The summed E-state index contributed by atoms with van der Waals surface area (Å²) in [5.74, 6) is 2.17. The lowest BCUT2D eigenvalue weighted by Gasteiger charge is -2.45. The van der Waals surface area contributed by atoms with E-state index in [1.54, 1.807) is 0 Å². The first kappa shape index (κ1) is 20.3. The average Bonchev–Trinajstić information content (AvgIpc) is 2.97. The van der Waals surface area contributed by atoms with Crippen molar-refractivity contribution >= 4 is 5.78 Å². The number of Topliss-reactive ketones (excluding diaryl/α,β-unsaturated/α-hetero) is 1. The Morgan fingerprint density at radius 1 is 0.923 bits per heavy atom. The molecule has 0 amide bonds. The number of fused-ring (bicyclic) bond motifs is 3. The van der Waals surface area contributed by atoms with Gasteiger partial charge in [-0.1, -0.05) is 54.4 Å². The van der Waals surface area contributed by atoms with Crippen molar-refractivity contribution in [3.63, 3.8) is 0 Å². The Labute approximate surface area is 161 Å². The number of rotatable bonds is 1. The fourth-order valence-corrected chi connectivity index (χ4v) is 6.30. The van der Waals surface area contributed by atoms with E-state index in [9.17, 15) is 4.79 Å². The zero-order chi connectivity index (χ0) is 19.7. The first-order chi connectivity index (χ1) is 11.7. The van der Waals surface area contributed by atoms with Gasteiger partial charge in [0.2, 0.25) is 0 Å². The summed E-state index contributed by atoms with van der Waals surface area (Å²) in [5.41, 5.74) is -0.195. The molecule has 6 unspecified atom stereocenters. The van der Waals surface area contributed by atoms with E-state index in [4.69, 9.17) is 0 Å². The maximum absolute atomic E-state index is 13.7. The van der Waals surface area contributed by atoms with Crippen LogP contribution in [-0.2, 0) is 4.79 Å². The van der Waals surface area contributed by atoms with Crippen LogP contribution in [0.3, 0.4) is 0 Å². The van der Waals surface area contributed by atoms with Crippen LogP contribution < -0.4 is 5.32 Å². The average molecular weight is 363 g/mol. The second-order valence-electron chi connectivity index (χ2n) is 12.3. The first-order valence-corrected chi connectivity index (χ1v) is 10.8. The van der Waals surface area contributed by atoms with Crippen molar-refractivity contribution in [2.75, 3.05) is 0 Å². The van der Waals surface area contributed by atoms with Gasteiger partial charge in [-0.3, -0.25) is 15.0 Å². The molecule has 3 fully saturated rings. The van der Waals surface area contributed by atoms with Crippen molar-refractivity contribution in [1.82, 2.24) is 10.2 Å². The van der Waals surface area contributed by atoms with Crippen LogP contribution in [0.4, 0.5) is 0 Å². The number of ketones is 1. The van der Waals surface area contributed by atoms with Crippen LogP contribution in [0.15, 0.2) is 0 Å². The molecule has 0 aromatic heterocycles. The standard InChI is InChI=1S/C23H42N2O/c1-21(2,3)17-16-14-12-10-11-13-15(14)24-20(16)25(23(7,8)9)18(17)19(26)22(4,5)6/h14-18,20,24H,10-13H2,1-9H3. The van der Waals surface area contributed by atoms with Crippen LogP contribution in [0.2, 0.25) is 0 Å². The van der Waals surface area contributed by atoms with Crippen molar-refractivity contribution in [3.8, 4) is 0 Å². The molecule has 0 aromatic rings. The minimum absolute atomic E-state index is 0.0142. The summed E-state index contributed by atoms with van der Waals surface area (Å²) in [6, 6.07) is 0.666. The minimum atomic E-state index is -0.303. The lowest BCUT2D eigenvalue weighted by atomic mass is 9.63. The lowest BCUT2D eigenvalue weighted by Crippen LogP contribution is -2.59. The predicted molar refractivity (Wildman–Crippen MR) is 109 cm³/mol. The fraction of sp³-hybridized carbons (Fsp3) is 0.957. The summed E-state index contributed by atoms with van der Waals surface area (Å²) in [4.78, 5) is 16.3. The molecule has 0 spiro atoms. The van der Waals surface area contributed by atoms with E-state index in [0.29, 0.717) is 29.8 Å². The van der Waals surface area contributed by atoms with E-state index < -0.39 is 0 Å². The maximum Gasteiger partial charge on any atom is 0.155 e. The lowest BCUT2D eigenvalue weighted by molar-refractivity contribution is -0.137. The van der Waals surface area contributed by atoms with Crippen LogP contribution in [0, 0.1) is 28.6 Å². The molecule has 2 heterocycles. The highest BCUT2D eigenvalue weighted by molar-refractivity contribution is 5.89. The molecular formula is C23H42N2O. The number of hydrogen-bond acceptors (Lipinski definition) is 3. The van der Waals surface area contributed by atoms with Gasteiger partial charge in [-0.05, 0) is 56.8 Å². The van der Waals surface area contributed by atoms with E-state index in [2.05, 4.69) is 72.5 Å². The molecule has 3 nitrogen and oxygen atoms in total. The summed E-state index contributed by atoms with van der Waals surface area (Å²) in [6.07, 6.45) is 5.71. The Kier molecular flexibility index (Phi) is 4.93. The molecule has 2 saturated heterocycles. The Morgan fingerprint density at radius 3 is 2.00 bits per heavy atom. The molecule has 2 aliphatic heterocycles. The van der Waals surface area contributed by atoms with Crippen LogP contribution in [0.25, 0.3) is 0 Å². The normalized spacial score (nSPS) is 39.0. The van der Waals surface area contributed by atoms with Gasteiger partial charge in [0.1, 0.15) is 0 Å². The third-order valence-corrected chi connectivity index (χ3v) is 7.20. The molecule has 0 bridgehead atoms. The van der Waals surface area contributed by atoms with Gasteiger partial charge in [0.15, 0.2) is 5.78 Å². The number of nitrogens with one attached hydrogen (secondary N) is 1. The van der Waals surface area contributed by atoms with E-state index in [-0.39, 0.29) is 22.4 Å². The van der Waals surface area contributed by atoms with Crippen molar-refractivity contribution in [2.24, 2.45) is 28.6 Å². The molecule has 1 N–H and O–H groups in total. The molecule has 3 rings (SSSR count). The van der Waals surface area contributed by atoms with Crippen molar-refractivity contribution < 1.29 is 4.79 Å². The number of likely N-dealkylation sites (tertiary alicyclic amines) is 1. The highest BCUT2D eigenvalue weighted by Gasteiger charge is 2.64. The minimum Gasteiger partial charge on any atom is -0.298 e. The molecule has 0 aromatic carbocycles.